The number of aromatic nitrogens is 2. The van der Waals surface area contributed by atoms with E-state index < -0.39 is 5.97 Å². The van der Waals surface area contributed by atoms with Crippen molar-refractivity contribution in [1.82, 2.24) is 10.2 Å². The third-order valence-electron chi connectivity index (χ3n) is 4.02. The molecule has 0 atom stereocenters. The zero-order valence-corrected chi connectivity index (χ0v) is 11.3. The summed E-state index contributed by atoms with van der Waals surface area (Å²) in [4.78, 5) is 11.0. The van der Waals surface area contributed by atoms with Crippen LogP contribution in [0.25, 0.3) is 11.3 Å². The van der Waals surface area contributed by atoms with Crippen LogP contribution in [-0.2, 0) is 6.42 Å². The van der Waals surface area contributed by atoms with Crippen molar-refractivity contribution in [2.45, 2.75) is 32.1 Å². The second kappa shape index (κ2) is 5.49. The Bertz CT molecular complexity index is 612. The highest BCUT2D eigenvalue weighted by Gasteiger charge is 2.17. The number of nitrogens with zero attached hydrogens (tertiary/aromatic N) is 1. The van der Waals surface area contributed by atoms with Crippen LogP contribution in [0.4, 0.5) is 0 Å². The minimum Gasteiger partial charge on any atom is -0.478 e. The van der Waals surface area contributed by atoms with Crippen LogP contribution < -0.4 is 0 Å². The van der Waals surface area contributed by atoms with Gasteiger partial charge in [0.25, 0.3) is 0 Å². The number of rotatable bonds is 4. The van der Waals surface area contributed by atoms with Crippen molar-refractivity contribution in [3.63, 3.8) is 0 Å². The van der Waals surface area contributed by atoms with Gasteiger partial charge in [0, 0.05) is 11.3 Å². The minimum atomic E-state index is -0.909. The number of nitrogens with one attached hydrogen (secondary N) is 1. The highest BCUT2D eigenvalue weighted by Crippen LogP contribution is 2.28. The van der Waals surface area contributed by atoms with Gasteiger partial charge in [0.1, 0.15) is 0 Å². The van der Waals surface area contributed by atoms with E-state index in [0.29, 0.717) is 5.56 Å². The first-order valence-electron chi connectivity index (χ1n) is 7.10. The summed E-state index contributed by atoms with van der Waals surface area (Å²) in [6.45, 7) is 0. The normalized spacial score (nSPS) is 15.6. The summed E-state index contributed by atoms with van der Waals surface area (Å²) < 4.78 is 0. The molecule has 104 valence electrons. The van der Waals surface area contributed by atoms with Crippen LogP contribution in [0.15, 0.2) is 30.3 Å². The lowest BCUT2D eigenvalue weighted by molar-refractivity contribution is 0.0697. The molecular weight excluding hydrogens is 252 g/mol. The molecule has 1 aromatic heterocycles. The summed E-state index contributed by atoms with van der Waals surface area (Å²) in [5.74, 6) is -0.137. The molecule has 1 aromatic carbocycles. The van der Waals surface area contributed by atoms with E-state index in [2.05, 4.69) is 10.2 Å². The summed E-state index contributed by atoms with van der Waals surface area (Å²) in [6, 6.07) is 8.95. The Labute approximate surface area is 117 Å². The van der Waals surface area contributed by atoms with Crippen LogP contribution >= 0.6 is 0 Å². The molecular formula is C16H18N2O2. The van der Waals surface area contributed by atoms with Gasteiger partial charge in [-0.25, -0.2) is 4.79 Å². The van der Waals surface area contributed by atoms with Crippen LogP contribution in [0.1, 0.15) is 41.7 Å². The Hall–Kier alpha value is -2.10. The molecule has 1 aliphatic carbocycles. The van der Waals surface area contributed by atoms with Gasteiger partial charge in [-0.3, -0.25) is 5.10 Å². The predicted octanol–water partition coefficient (Wildman–Crippen LogP) is 3.51. The highest BCUT2D eigenvalue weighted by atomic mass is 16.4. The van der Waals surface area contributed by atoms with Crippen LogP contribution in [-0.4, -0.2) is 21.3 Å². The fraction of sp³-hybridized carbons (Fsp3) is 0.375. The third kappa shape index (κ3) is 2.74. The van der Waals surface area contributed by atoms with Crippen molar-refractivity contribution in [2.75, 3.05) is 0 Å². The maximum Gasteiger partial charge on any atom is 0.335 e. The van der Waals surface area contributed by atoms with Gasteiger partial charge >= 0.3 is 5.97 Å². The zero-order valence-electron chi connectivity index (χ0n) is 11.3. The summed E-state index contributed by atoms with van der Waals surface area (Å²) in [5, 5.41) is 16.4. The fourth-order valence-corrected chi connectivity index (χ4v) is 2.95. The molecule has 4 heteroatoms. The Kier molecular flexibility index (Phi) is 3.54. The lowest BCUT2D eigenvalue weighted by Gasteiger charge is -2.05. The first-order valence-corrected chi connectivity index (χ1v) is 7.10. The lowest BCUT2D eigenvalue weighted by Crippen LogP contribution is -1.98. The Morgan fingerprint density at radius 3 is 2.85 bits per heavy atom. The average Bonchev–Trinajstić information content (AvgIpc) is 3.11. The molecule has 0 radical (unpaired) electrons. The smallest absolute Gasteiger partial charge is 0.335 e. The van der Waals surface area contributed by atoms with E-state index in [1.165, 1.54) is 25.7 Å². The SMILES string of the molecule is O=C(O)c1cccc(-c2cc(CC3CCCC3)[nH]n2)c1. The van der Waals surface area contributed by atoms with Gasteiger partial charge in [0.15, 0.2) is 0 Å². The number of carboxylic acids is 1. The maximum atomic E-state index is 11.0. The second-order valence-corrected chi connectivity index (χ2v) is 5.52. The topological polar surface area (TPSA) is 66.0 Å². The van der Waals surface area contributed by atoms with E-state index in [9.17, 15) is 4.79 Å². The first kappa shape index (κ1) is 12.9. The number of carboxylic acid groups (broad SMARTS) is 1. The van der Waals surface area contributed by atoms with E-state index in [1.54, 1.807) is 18.2 Å². The molecule has 1 heterocycles. The standard InChI is InChI=1S/C16H18N2O2/c19-16(20)13-7-3-6-12(9-13)15-10-14(17-18-15)8-11-4-1-2-5-11/h3,6-7,9-11H,1-2,4-5,8H2,(H,17,18)(H,19,20). The predicted molar refractivity (Wildman–Crippen MR) is 76.6 cm³/mol. The van der Waals surface area contributed by atoms with Gasteiger partial charge in [-0.1, -0.05) is 37.8 Å². The van der Waals surface area contributed by atoms with Crippen molar-refractivity contribution in [3.05, 3.63) is 41.6 Å². The molecule has 0 spiro atoms. The van der Waals surface area contributed by atoms with E-state index in [4.69, 9.17) is 5.11 Å². The zero-order chi connectivity index (χ0) is 13.9. The van der Waals surface area contributed by atoms with E-state index >= 15 is 0 Å². The largest absolute Gasteiger partial charge is 0.478 e. The number of hydrogen-bond acceptors (Lipinski definition) is 2. The van der Waals surface area contributed by atoms with Gasteiger partial charge < -0.3 is 5.11 Å². The molecule has 2 aromatic rings. The van der Waals surface area contributed by atoms with E-state index in [1.807, 2.05) is 12.1 Å². The first-order chi connectivity index (χ1) is 9.72. The molecule has 0 aliphatic heterocycles. The average molecular weight is 270 g/mol. The Morgan fingerprint density at radius 1 is 1.30 bits per heavy atom. The molecule has 0 saturated heterocycles. The van der Waals surface area contributed by atoms with Gasteiger partial charge in [-0.15, -0.1) is 0 Å². The minimum absolute atomic E-state index is 0.294. The molecule has 1 saturated carbocycles. The number of aromatic amines is 1. The maximum absolute atomic E-state index is 11.0. The summed E-state index contributed by atoms with van der Waals surface area (Å²) >= 11 is 0. The van der Waals surface area contributed by atoms with Crippen LogP contribution in [0.5, 0.6) is 0 Å². The van der Waals surface area contributed by atoms with Crippen molar-refractivity contribution in [3.8, 4) is 11.3 Å². The molecule has 4 nitrogen and oxygen atoms in total. The lowest BCUT2D eigenvalue weighted by atomic mass is 10.0. The van der Waals surface area contributed by atoms with Gasteiger partial charge in [0.2, 0.25) is 0 Å². The molecule has 1 aliphatic rings. The van der Waals surface area contributed by atoms with Crippen molar-refractivity contribution in [2.24, 2.45) is 5.92 Å². The summed E-state index contributed by atoms with van der Waals surface area (Å²) in [6.07, 6.45) is 6.34. The monoisotopic (exact) mass is 270 g/mol. The second-order valence-electron chi connectivity index (χ2n) is 5.52. The number of carbonyl (C=O) groups is 1. The van der Waals surface area contributed by atoms with Gasteiger partial charge in [-0.05, 0) is 30.5 Å². The summed E-state index contributed by atoms with van der Waals surface area (Å²) in [5.41, 5.74) is 3.11. The molecule has 2 N–H and O–H groups in total. The van der Waals surface area contributed by atoms with Crippen molar-refractivity contribution < 1.29 is 9.90 Å². The number of aromatic carboxylic acids is 1. The van der Waals surface area contributed by atoms with Crippen molar-refractivity contribution >= 4 is 5.97 Å². The molecule has 0 amide bonds. The van der Waals surface area contributed by atoms with Gasteiger partial charge in [0.05, 0.1) is 11.3 Å². The summed E-state index contributed by atoms with van der Waals surface area (Å²) in [7, 11) is 0. The number of hydrogen-bond donors (Lipinski definition) is 2. The Balaban J connectivity index is 1.78. The molecule has 1 fully saturated rings. The number of H-pyrrole nitrogens is 1. The highest BCUT2D eigenvalue weighted by molar-refractivity contribution is 5.89. The van der Waals surface area contributed by atoms with E-state index in [0.717, 1.165) is 29.3 Å². The fourth-order valence-electron chi connectivity index (χ4n) is 2.95. The van der Waals surface area contributed by atoms with Crippen LogP contribution in [0.3, 0.4) is 0 Å². The molecule has 0 unspecified atom stereocenters. The quantitative estimate of drug-likeness (QED) is 0.893. The number of benzene rings is 1. The molecule has 20 heavy (non-hydrogen) atoms. The van der Waals surface area contributed by atoms with Gasteiger partial charge in [-0.2, -0.15) is 5.10 Å². The van der Waals surface area contributed by atoms with Crippen molar-refractivity contribution in [1.29, 1.82) is 0 Å². The molecule has 3 rings (SSSR count). The van der Waals surface area contributed by atoms with Crippen LogP contribution in [0.2, 0.25) is 0 Å². The third-order valence-corrected chi connectivity index (χ3v) is 4.02. The van der Waals surface area contributed by atoms with Crippen LogP contribution in [0, 0.1) is 5.92 Å². The molecule has 0 bridgehead atoms. The Morgan fingerprint density at radius 2 is 2.10 bits per heavy atom. The van der Waals surface area contributed by atoms with E-state index in [-0.39, 0.29) is 0 Å².